The largest absolute Gasteiger partial charge is 0.366 e. The number of primary amides is 1. The number of benzene rings is 1. The van der Waals surface area contributed by atoms with Gasteiger partial charge in [0.05, 0.1) is 11.9 Å². The fourth-order valence-electron chi connectivity index (χ4n) is 1.62. The first-order valence-corrected chi connectivity index (χ1v) is 5.22. The number of nitrogens with one attached hydrogen (secondary N) is 1. The topological polar surface area (TPSA) is 72.9 Å². The smallest absolute Gasteiger partial charge is 0.249 e. The zero-order valence-electron chi connectivity index (χ0n) is 9.77. The third-order valence-electron chi connectivity index (χ3n) is 2.50. The maximum Gasteiger partial charge on any atom is 0.249 e. The number of aromatic nitrogens is 2. The van der Waals surface area contributed by atoms with Gasteiger partial charge in [0.2, 0.25) is 5.91 Å². The monoisotopic (exact) mass is 230 g/mol. The van der Waals surface area contributed by atoms with Crippen molar-refractivity contribution in [3.8, 4) is 0 Å². The second-order valence-electron chi connectivity index (χ2n) is 3.92. The van der Waals surface area contributed by atoms with Crippen LogP contribution in [0.25, 0.3) is 0 Å². The van der Waals surface area contributed by atoms with Crippen LogP contribution in [0.4, 0.5) is 11.4 Å². The highest BCUT2D eigenvalue weighted by atomic mass is 16.1. The van der Waals surface area contributed by atoms with Crippen LogP contribution >= 0.6 is 0 Å². The van der Waals surface area contributed by atoms with Crippen molar-refractivity contribution in [1.82, 2.24) is 9.78 Å². The molecule has 0 saturated carbocycles. The fourth-order valence-corrected chi connectivity index (χ4v) is 1.62. The van der Waals surface area contributed by atoms with Crippen LogP contribution in [-0.4, -0.2) is 15.7 Å². The number of amides is 1. The van der Waals surface area contributed by atoms with E-state index in [-0.39, 0.29) is 0 Å². The molecule has 2 aromatic rings. The molecular formula is C12H14N4O. The Kier molecular flexibility index (Phi) is 2.82. The number of aryl methyl sites for hydroxylation is 2. The maximum absolute atomic E-state index is 11.2. The minimum absolute atomic E-state index is 0.419. The highest BCUT2D eigenvalue weighted by molar-refractivity contribution is 5.95. The quantitative estimate of drug-likeness (QED) is 0.840. The molecule has 5 heteroatoms. The van der Waals surface area contributed by atoms with Gasteiger partial charge in [0.15, 0.2) is 0 Å². The molecule has 1 heterocycles. The summed E-state index contributed by atoms with van der Waals surface area (Å²) in [6.07, 6.45) is 3.56. The van der Waals surface area contributed by atoms with Crippen LogP contribution in [0.1, 0.15) is 15.9 Å². The third kappa shape index (κ3) is 2.44. The Morgan fingerprint density at radius 1 is 1.41 bits per heavy atom. The van der Waals surface area contributed by atoms with Gasteiger partial charge in [0.1, 0.15) is 0 Å². The van der Waals surface area contributed by atoms with Gasteiger partial charge in [-0.3, -0.25) is 9.48 Å². The Bertz CT molecular complexity index is 559. The van der Waals surface area contributed by atoms with Crippen LogP contribution < -0.4 is 11.1 Å². The summed E-state index contributed by atoms with van der Waals surface area (Å²) in [5.74, 6) is -0.419. The summed E-state index contributed by atoms with van der Waals surface area (Å²) in [7, 11) is 1.84. The SMILES string of the molecule is Cc1ccc(Nc2cnn(C)c2)cc1C(N)=O. The Balaban J connectivity index is 2.28. The molecule has 0 saturated heterocycles. The molecule has 1 aromatic carbocycles. The molecule has 0 bridgehead atoms. The average Bonchev–Trinajstić information content (AvgIpc) is 2.66. The third-order valence-corrected chi connectivity index (χ3v) is 2.50. The van der Waals surface area contributed by atoms with Gasteiger partial charge in [-0.25, -0.2) is 0 Å². The molecule has 88 valence electrons. The number of hydrogen-bond donors (Lipinski definition) is 2. The minimum Gasteiger partial charge on any atom is -0.366 e. The number of hydrogen-bond acceptors (Lipinski definition) is 3. The van der Waals surface area contributed by atoms with E-state index in [1.54, 1.807) is 16.9 Å². The second-order valence-corrected chi connectivity index (χ2v) is 3.92. The first kappa shape index (κ1) is 11.2. The Morgan fingerprint density at radius 3 is 2.76 bits per heavy atom. The first-order valence-electron chi connectivity index (χ1n) is 5.22. The lowest BCUT2D eigenvalue weighted by Gasteiger charge is -2.07. The summed E-state index contributed by atoms with van der Waals surface area (Å²) in [5.41, 5.74) is 8.38. The van der Waals surface area contributed by atoms with Gasteiger partial charge < -0.3 is 11.1 Å². The molecule has 0 atom stereocenters. The summed E-state index contributed by atoms with van der Waals surface area (Å²) < 4.78 is 1.70. The molecule has 3 N–H and O–H groups in total. The van der Waals surface area contributed by atoms with Crippen molar-refractivity contribution in [2.75, 3.05) is 5.32 Å². The molecule has 0 unspecified atom stereocenters. The van der Waals surface area contributed by atoms with Crippen molar-refractivity contribution in [3.63, 3.8) is 0 Å². The molecule has 1 aromatic heterocycles. The van der Waals surface area contributed by atoms with Gasteiger partial charge in [-0.2, -0.15) is 5.10 Å². The summed E-state index contributed by atoms with van der Waals surface area (Å²) >= 11 is 0. The number of rotatable bonds is 3. The Labute approximate surface area is 99.2 Å². The summed E-state index contributed by atoms with van der Waals surface area (Å²) in [4.78, 5) is 11.2. The molecular weight excluding hydrogens is 216 g/mol. The van der Waals surface area contributed by atoms with Crippen molar-refractivity contribution in [3.05, 3.63) is 41.7 Å². The fraction of sp³-hybridized carbons (Fsp3) is 0.167. The molecule has 0 aliphatic heterocycles. The van der Waals surface area contributed by atoms with Crippen molar-refractivity contribution in [1.29, 1.82) is 0 Å². The molecule has 0 aliphatic carbocycles. The molecule has 1 amide bonds. The number of carbonyl (C=O) groups is 1. The lowest BCUT2D eigenvalue weighted by Crippen LogP contribution is -2.12. The van der Waals surface area contributed by atoms with Crippen LogP contribution in [-0.2, 0) is 7.05 Å². The standard InChI is InChI=1S/C12H14N4O/c1-8-3-4-9(5-11(8)12(13)17)15-10-6-14-16(2)7-10/h3-7,15H,1-2H3,(H2,13,17). The summed E-state index contributed by atoms with van der Waals surface area (Å²) in [6.45, 7) is 1.86. The van der Waals surface area contributed by atoms with E-state index < -0.39 is 5.91 Å². The van der Waals surface area contributed by atoms with Gasteiger partial charge >= 0.3 is 0 Å². The number of anilines is 2. The van der Waals surface area contributed by atoms with E-state index in [0.717, 1.165) is 16.9 Å². The predicted octanol–water partition coefficient (Wildman–Crippen LogP) is 1.57. The van der Waals surface area contributed by atoms with E-state index >= 15 is 0 Å². The minimum atomic E-state index is -0.419. The lowest BCUT2D eigenvalue weighted by molar-refractivity contribution is 0.1000. The maximum atomic E-state index is 11.2. The molecule has 0 spiro atoms. The van der Waals surface area contributed by atoms with Gasteiger partial charge in [-0.15, -0.1) is 0 Å². The number of carbonyl (C=O) groups excluding carboxylic acids is 1. The molecule has 17 heavy (non-hydrogen) atoms. The van der Waals surface area contributed by atoms with Gasteiger partial charge in [-0.05, 0) is 24.6 Å². The van der Waals surface area contributed by atoms with Crippen LogP contribution in [0.2, 0.25) is 0 Å². The zero-order chi connectivity index (χ0) is 12.4. The second kappa shape index (κ2) is 4.29. The number of nitrogens with zero attached hydrogens (tertiary/aromatic N) is 2. The molecule has 2 rings (SSSR count). The van der Waals surface area contributed by atoms with E-state index in [0.29, 0.717) is 5.56 Å². The van der Waals surface area contributed by atoms with Crippen LogP contribution in [0.3, 0.4) is 0 Å². The normalized spacial score (nSPS) is 10.2. The van der Waals surface area contributed by atoms with E-state index in [1.807, 2.05) is 32.3 Å². The van der Waals surface area contributed by atoms with Crippen LogP contribution in [0, 0.1) is 6.92 Å². The summed E-state index contributed by atoms with van der Waals surface area (Å²) in [6, 6.07) is 5.50. The zero-order valence-corrected chi connectivity index (χ0v) is 9.77. The van der Waals surface area contributed by atoms with Crippen LogP contribution in [0.5, 0.6) is 0 Å². The molecule has 5 nitrogen and oxygen atoms in total. The lowest BCUT2D eigenvalue weighted by atomic mass is 10.1. The van der Waals surface area contributed by atoms with E-state index in [4.69, 9.17) is 5.73 Å². The van der Waals surface area contributed by atoms with Gasteiger partial charge in [0, 0.05) is 24.5 Å². The van der Waals surface area contributed by atoms with Gasteiger partial charge in [-0.1, -0.05) is 6.07 Å². The average molecular weight is 230 g/mol. The van der Waals surface area contributed by atoms with E-state index in [1.165, 1.54) is 0 Å². The highest BCUT2D eigenvalue weighted by Gasteiger charge is 2.06. The van der Waals surface area contributed by atoms with Crippen LogP contribution in [0.15, 0.2) is 30.6 Å². The molecule has 0 fully saturated rings. The van der Waals surface area contributed by atoms with Gasteiger partial charge in [0.25, 0.3) is 0 Å². The molecule has 0 radical (unpaired) electrons. The molecule has 0 aliphatic rings. The van der Waals surface area contributed by atoms with Crippen molar-refractivity contribution < 1.29 is 4.79 Å². The van der Waals surface area contributed by atoms with E-state index in [2.05, 4.69) is 10.4 Å². The van der Waals surface area contributed by atoms with Crippen molar-refractivity contribution >= 4 is 17.3 Å². The van der Waals surface area contributed by atoms with Crippen molar-refractivity contribution in [2.45, 2.75) is 6.92 Å². The first-order chi connectivity index (χ1) is 8.06. The predicted molar refractivity (Wildman–Crippen MR) is 66.2 cm³/mol. The van der Waals surface area contributed by atoms with E-state index in [9.17, 15) is 4.79 Å². The number of nitrogens with two attached hydrogens (primary N) is 1. The highest BCUT2D eigenvalue weighted by Crippen LogP contribution is 2.19. The Morgan fingerprint density at radius 2 is 2.18 bits per heavy atom. The summed E-state index contributed by atoms with van der Waals surface area (Å²) in [5, 5.41) is 7.21. The Hall–Kier alpha value is -2.30. The van der Waals surface area contributed by atoms with Crippen molar-refractivity contribution in [2.24, 2.45) is 12.8 Å².